The van der Waals surface area contributed by atoms with E-state index in [4.69, 9.17) is 9.26 Å². The van der Waals surface area contributed by atoms with Crippen LogP contribution in [-0.4, -0.2) is 61.5 Å². The molecule has 174 valence electrons. The minimum absolute atomic E-state index is 0.139. The molecular weight excluding hydrogens is 438 g/mol. The van der Waals surface area contributed by atoms with Gasteiger partial charge in [0.05, 0.1) is 19.0 Å². The standard InChI is InChI=1S/C23H23N7O4/c1-29-10-8-23(32,21(29)31)19-12-17(28-34-19)15-6-4-5-14(11-15)16-7-9-24-22(25-16)26-20-18(33-3)13-30(2)27-20/h4-7,9,11-13,32H,8,10H2,1-3H3,(H,24,25,26,27)/t23-/m1/s1. The number of methoxy groups -OCH3 is 1. The van der Waals surface area contributed by atoms with Crippen molar-refractivity contribution in [1.82, 2.24) is 29.8 Å². The van der Waals surface area contributed by atoms with Crippen molar-refractivity contribution in [3.63, 3.8) is 0 Å². The summed E-state index contributed by atoms with van der Waals surface area (Å²) in [5.74, 6) is 1.20. The zero-order chi connectivity index (χ0) is 23.9. The van der Waals surface area contributed by atoms with E-state index in [-0.39, 0.29) is 12.2 Å². The predicted octanol–water partition coefficient (Wildman–Crippen LogP) is 2.33. The van der Waals surface area contributed by atoms with Crippen LogP contribution in [0.1, 0.15) is 12.2 Å². The summed E-state index contributed by atoms with van der Waals surface area (Å²) in [6.07, 6.45) is 3.66. The molecule has 11 heteroatoms. The molecule has 34 heavy (non-hydrogen) atoms. The number of hydrogen-bond acceptors (Lipinski definition) is 9. The Balaban J connectivity index is 1.42. The van der Waals surface area contributed by atoms with Crippen molar-refractivity contribution < 1.29 is 19.2 Å². The number of nitrogens with zero attached hydrogens (tertiary/aromatic N) is 6. The Kier molecular flexibility index (Phi) is 5.25. The second-order valence-corrected chi connectivity index (χ2v) is 8.10. The van der Waals surface area contributed by atoms with Crippen LogP contribution in [0.3, 0.4) is 0 Å². The fourth-order valence-corrected chi connectivity index (χ4v) is 3.91. The molecule has 2 N–H and O–H groups in total. The van der Waals surface area contributed by atoms with Crippen LogP contribution in [0, 0.1) is 0 Å². The average molecular weight is 461 g/mol. The topological polar surface area (TPSA) is 131 Å². The molecule has 0 saturated carbocycles. The fourth-order valence-electron chi connectivity index (χ4n) is 3.91. The Morgan fingerprint density at radius 3 is 2.71 bits per heavy atom. The molecule has 1 aromatic carbocycles. The Morgan fingerprint density at radius 2 is 1.97 bits per heavy atom. The third kappa shape index (κ3) is 3.75. The summed E-state index contributed by atoms with van der Waals surface area (Å²) >= 11 is 0. The van der Waals surface area contributed by atoms with E-state index in [0.717, 1.165) is 11.1 Å². The highest BCUT2D eigenvalue weighted by Gasteiger charge is 2.48. The van der Waals surface area contributed by atoms with Gasteiger partial charge in [0.2, 0.25) is 11.5 Å². The molecule has 1 aliphatic rings. The molecule has 0 bridgehead atoms. The van der Waals surface area contributed by atoms with Crippen molar-refractivity contribution in [1.29, 1.82) is 0 Å². The number of anilines is 2. The van der Waals surface area contributed by atoms with E-state index in [9.17, 15) is 9.90 Å². The van der Waals surface area contributed by atoms with Gasteiger partial charge < -0.3 is 24.6 Å². The molecule has 5 rings (SSSR count). The monoisotopic (exact) mass is 461 g/mol. The molecule has 1 amide bonds. The molecule has 11 nitrogen and oxygen atoms in total. The largest absolute Gasteiger partial charge is 0.491 e. The first-order chi connectivity index (χ1) is 16.4. The summed E-state index contributed by atoms with van der Waals surface area (Å²) < 4.78 is 12.3. The highest BCUT2D eigenvalue weighted by molar-refractivity contribution is 5.87. The van der Waals surface area contributed by atoms with Gasteiger partial charge in [-0.15, -0.1) is 0 Å². The van der Waals surface area contributed by atoms with E-state index in [2.05, 4.69) is 25.5 Å². The number of nitrogens with one attached hydrogen (secondary N) is 1. The first kappa shape index (κ1) is 21.6. The molecule has 1 saturated heterocycles. The zero-order valence-corrected chi connectivity index (χ0v) is 18.9. The van der Waals surface area contributed by atoms with Crippen LogP contribution in [0.15, 0.2) is 53.3 Å². The van der Waals surface area contributed by atoms with E-state index >= 15 is 0 Å². The molecule has 1 aliphatic heterocycles. The number of benzene rings is 1. The molecule has 1 fully saturated rings. The first-order valence-electron chi connectivity index (χ1n) is 10.6. The van der Waals surface area contributed by atoms with Crippen molar-refractivity contribution in [2.45, 2.75) is 12.0 Å². The van der Waals surface area contributed by atoms with Crippen LogP contribution in [0.4, 0.5) is 11.8 Å². The molecule has 4 heterocycles. The average Bonchev–Trinajstić information content (AvgIpc) is 3.55. The van der Waals surface area contributed by atoms with Crippen molar-refractivity contribution in [2.24, 2.45) is 7.05 Å². The highest BCUT2D eigenvalue weighted by atomic mass is 16.5. The van der Waals surface area contributed by atoms with Gasteiger partial charge in [-0.05, 0) is 12.1 Å². The van der Waals surface area contributed by atoms with E-state index in [0.29, 0.717) is 35.4 Å². The van der Waals surface area contributed by atoms with Gasteiger partial charge >= 0.3 is 0 Å². The predicted molar refractivity (Wildman–Crippen MR) is 122 cm³/mol. The van der Waals surface area contributed by atoms with Gasteiger partial charge in [-0.2, -0.15) is 5.10 Å². The summed E-state index contributed by atoms with van der Waals surface area (Å²) in [7, 11) is 5.01. The molecule has 0 aliphatic carbocycles. The summed E-state index contributed by atoms with van der Waals surface area (Å²) in [5, 5.41) is 22.3. The van der Waals surface area contributed by atoms with Crippen molar-refractivity contribution in [2.75, 3.05) is 26.0 Å². The number of likely N-dealkylation sites (tertiary alicyclic amines) is 1. The summed E-state index contributed by atoms with van der Waals surface area (Å²) in [6, 6.07) is 11.0. The second kappa shape index (κ2) is 8.27. The number of ether oxygens (including phenoxy) is 1. The molecule has 1 atom stereocenters. The van der Waals surface area contributed by atoms with Crippen LogP contribution < -0.4 is 10.1 Å². The second-order valence-electron chi connectivity index (χ2n) is 8.10. The maximum absolute atomic E-state index is 12.4. The first-order valence-corrected chi connectivity index (χ1v) is 10.6. The smallest absolute Gasteiger partial charge is 0.262 e. The third-order valence-electron chi connectivity index (χ3n) is 5.78. The SMILES string of the molecule is COc1cn(C)nc1Nc1nccc(-c2cccc(-c3cc([C@]4(O)CCN(C)C4=O)on3)c2)n1. The Labute approximate surface area is 195 Å². The summed E-state index contributed by atoms with van der Waals surface area (Å²) in [6.45, 7) is 0.454. The number of amides is 1. The van der Waals surface area contributed by atoms with Gasteiger partial charge in [-0.3, -0.25) is 9.48 Å². The quantitative estimate of drug-likeness (QED) is 0.444. The molecular formula is C23H23N7O4. The molecule has 4 aromatic rings. The summed E-state index contributed by atoms with van der Waals surface area (Å²) in [5.41, 5.74) is 1.10. The number of aryl methyl sites for hydroxylation is 1. The highest BCUT2D eigenvalue weighted by Crippen LogP contribution is 2.35. The maximum atomic E-state index is 12.4. The number of aromatic nitrogens is 5. The lowest BCUT2D eigenvalue weighted by Gasteiger charge is -2.16. The summed E-state index contributed by atoms with van der Waals surface area (Å²) in [4.78, 5) is 22.7. The van der Waals surface area contributed by atoms with Crippen LogP contribution in [-0.2, 0) is 17.4 Å². The lowest BCUT2D eigenvalue weighted by molar-refractivity contribution is -0.144. The zero-order valence-electron chi connectivity index (χ0n) is 18.9. The van der Waals surface area contributed by atoms with Crippen molar-refractivity contribution in [3.8, 4) is 28.3 Å². The number of likely N-dealkylation sites (N-methyl/N-ethyl adjacent to an activating group) is 1. The lowest BCUT2D eigenvalue weighted by atomic mass is 9.98. The lowest BCUT2D eigenvalue weighted by Crippen LogP contribution is -2.35. The van der Waals surface area contributed by atoms with Crippen LogP contribution in [0.2, 0.25) is 0 Å². The Hall–Kier alpha value is -4.25. The van der Waals surface area contributed by atoms with Gasteiger partial charge in [0.15, 0.2) is 17.3 Å². The van der Waals surface area contributed by atoms with E-state index in [1.54, 1.807) is 50.4 Å². The van der Waals surface area contributed by atoms with E-state index < -0.39 is 11.5 Å². The van der Waals surface area contributed by atoms with Gasteiger partial charge in [-0.25, -0.2) is 9.97 Å². The van der Waals surface area contributed by atoms with E-state index in [1.165, 1.54) is 4.90 Å². The third-order valence-corrected chi connectivity index (χ3v) is 5.78. The van der Waals surface area contributed by atoms with Crippen LogP contribution >= 0.6 is 0 Å². The number of aliphatic hydroxyl groups is 1. The minimum Gasteiger partial charge on any atom is -0.491 e. The van der Waals surface area contributed by atoms with Crippen molar-refractivity contribution in [3.05, 3.63) is 54.6 Å². The van der Waals surface area contributed by atoms with Gasteiger partial charge in [0.1, 0.15) is 5.69 Å². The maximum Gasteiger partial charge on any atom is 0.262 e. The minimum atomic E-state index is -1.68. The molecule has 0 radical (unpaired) electrons. The van der Waals surface area contributed by atoms with E-state index in [1.807, 2.05) is 24.3 Å². The van der Waals surface area contributed by atoms with Crippen LogP contribution in [0.25, 0.3) is 22.5 Å². The number of hydrogen-bond donors (Lipinski definition) is 2. The molecule has 0 spiro atoms. The Bertz CT molecular complexity index is 1360. The van der Waals surface area contributed by atoms with Gasteiger partial charge in [0.25, 0.3) is 5.91 Å². The van der Waals surface area contributed by atoms with Gasteiger partial charge in [-0.1, -0.05) is 23.4 Å². The fraction of sp³-hybridized carbons (Fsp3) is 0.261. The van der Waals surface area contributed by atoms with Crippen molar-refractivity contribution >= 4 is 17.7 Å². The van der Waals surface area contributed by atoms with Gasteiger partial charge in [0, 0.05) is 50.5 Å². The molecule has 3 aromatic heterocycles. The normalized spacial score (nSPS) is 17.9. The number of carbonyl (C=O) groups excluding carboxylic acids is 1. The number of carbonyl (C=O) groups is 1. The Morgan fingerprint density at radius 1 is 1.18 bits per heavy atom. The van der Waals surface area contributed by atoms with Crippen LogP contribution in [0.5, 0.6) is 5.75 Å². The molecule has 0 unspecified atom stereocenters. The number of rotatable bonds is 6.